The Morgan fingerprint density at radius 1 is 1.59 bits per heavy atom. The lowest BCUT2D eigenvalue weighted by Crippen LogP contribution is -2.48. The van der Waals surface area contributed by atoms with Gasteiger partial charge < -0.3 is 14.7 Å². The molecule has 0 aromatic carbocycles. The molecule has 0 radical (unpaired) electrons. The first kappa shape index (κ1) is 14.9. The van der Waals surface area contributed by atoms with Crippen LogP contribution in [-0.4, -0.2) is 47.5 Å². The molecular formula is C10H16IN3O2S. The third kappa shape index (κ3) is 3.67. The summed E-state index contributed by atoms with van der Waals surface area (Å²) in [5.41, 5.74) is 0. The lowest BCUT2D eigenvalue weighted by atomic mass is 10.2. The fraction of sp³-hybridized carbons (Fsp3) is 0.600. The minimum Gasteiger partial charge on any atom is -0.394 e. The molecule has 1 fully saturated rings. The van der Waals surface area contributed by atoms with Crippen molar-refractivity contribution >= 4 is 41.9 Å². The summed E-state index contributed by atoms with van der Waals surface area (Å²) in [6.07, 6.45) is 0. The number of aliphatic hydroxyl groups is 1. The van der Waals surface area contributed by atoms with Crippen LogP contribution in [0.15, 0.2) is 6.07 Å². The van der Waals surface area contributed by atoms with Crippen LogP contribution in [0.25, 0.3) is 0 Å². The van der Waals surface area contributed by atoms with Gasteiger partial charge in [0.25, 0.3) is 0 Å². The van der Waals surface area contributed by atoms with Gasteiger partial charge in [0, 0.05) is 12.6 Å². The van der Waals surface area contributed by atoms with E-state index in [1.165, 1.54) is 0 Å². The average molecular weight is 369 g/mol. The molecule has 2 rings (SSSR count). The summed E-state index contributed by atoms with van der Waals surface area (Å²) in [6.45, 7) is 3.95. The van der Waals surface area contributed by atoms with Crippen LogP contribution in [0.3, 0.4) is 0 Å². The minimum atomic E-state index is -0.00106. The van der Waals surface area contributed by atoms with Crippen LogP contribution in [0.5, 0.6) is 0 Å². The molecule has 5 nitrogen and oxygen atoms in total. The minimum absolute atomic E-state index is 0. The van der Waals surface area contributed by atoms with Crippen LogP contribution in [0, 0.1) is 10.6 Å². The summed E-state index contributed by atoms with van der Waals surface area (Å²) in [5, 5.41) is 9.29. The zero-order chi connectivity index (χ0) is 11.5. The summed E-state index contributed by atoms with van der Waals surface area (Å²) >= 11 is 2.17. The number of morpholine rings is 1. The lowest BCUT2D eigenvalue weighted by molar-refractivity contribution is 0.0722. The zero-order valence-electron chi connectivity index (χ0n) is 9.56. The van der Waals surface area contributed by atoms with E-state index in [9.17, 15) is 5.11 Å². The summed E-state index contributed by atoms with van der Waals surface area (Å²) in [5.74, 6) is 1.63. The van der Waals surface area contributed by atoms with Crippen LogP contribution >= 0.6 is 36.1 Å². The molecular weight excluding hydrogens is 353 g/mol. The van der Waals surface area contributed by atoms with E-state index in [1.54, 1.807) is 0 Å². The fourth-order valence-electron chi connectivity index (χ4n) is 1.77. The maximum atomic E-state index is 9.29. The molecule has 0 saturated carbocycles. The molecule has 7 heteroatoms. The molecule has 1 aromatic rings. The van der Waals surface area contributed by atoms with Gasteiger partial charge >= 0.3 is 0 Å². The standard InChI is InChI=1S/C10H14IN3O2.H2S/c1-7-12-9(11)4-10(13-7)14-2-3-16-6-8(14)5-15;/h4,8,15H,2-3,5-6H2,1H3;1H2/t8-;/m0./s1. The summed E-state index contributed by atoms with van der Waals surface area (Å²) in [7, 11) is 0. The van der Waals surface area contributed by atoms with Gasteiger partial charge in [-0.25, -0.2) is 9.97 Å². The molecule has 0 aliphatic carbocycles. The summed E-state index contributed by atoms with van der Waals surface area (Å²) < 4.78 is 6.26. The number of rotatable bonds is 2. The monoisotopic (exact) mass is 369 g/mol. The van der Waals surface area contributed by atoms with Gasteiger partial charge in [-0.1, -0.05) is 0 Å². The highest BCUT2D eigenvalue weighted by molar-refractivity contribution is 14.1. The first-order valence-corrected chi connectivity index (χ1v) is 6.25. The lowest BCUT2D eigenvalue weighted by Gasteiger charge is -2.35. The molecule has 1 atom stereocenters. The molecule has 0 unspecified atom stereocenters. The van der Waals surface area contributed by atoms with Crippen molar-refractivity contribution in [3.63, 3.8) is 0 Å². The largest absolute Gasteiger partial charge is 0.394 e. The Morgan fingerprint density at radius 2 is 2.35 bits per heavy atom. The van der Waals surface area contributed by atoms with E-state index in [2.05, 4.69) is 37.5 Å². The molecule has 0 spiro atoms. The Balaban J connectivity index is 0.00000144. The van der Waals surface area contributed by atoms with E-state index in [0.29, 0.717) is 13.2 Å². The van der Waals surface area contributed by atoms with Crippen molar-refractivity contribution in [2.24, 2.45) is 0 Å². The second-order valence-electron chi connectivity index (χ2n) is 3.70. The number of nitrogens with zero attached hydrogens (tertiary/aromatic N) is 3. The maximum Gasteiger partial charge on any atom is 0.133 e. The van der Waals surface area contributed by atoms with E-state index >= 15 is 0 Å². The molecule has 96 valence electrons. The number of hydrogen-bond donors (Lipinski definition) is 1. The smallest absolute Gasteiger partial charge is 0.133 e. The Hall–Kier alpha value is -0.120. The van der Waals surface area contributed by atoms with Crippen LogP contribution < -0.4 is 4.90 Å². The van der Waals surface area contributed by atoms with Crippen LogP contribution in [0.4, 0.5) is 5.82 Å². The highest BCUT2D eigenvalue weighted by atomic mass is 127. The number of halogens is 1. The number of anilines is 1. The molecule has 2 heterocycles. The van der Waals surface area contributed by atoms with Crippen molar-refractivity contribution in [2.45, 2.75) is 13.0 Å². The van der Waals surface area contributed by atoms with Gasteiger partial charge in [-0.05, 0) is 29.5 Å². The third-order valence-corrected chi connectivity index (χ3v) is 3.08. The Morgan fingerprint density at radius 3 is 3.00 bits per heavy atom. The highest BCUT2D eigenvalue weighted by Gasteiger charge is 2.23. The van der Waals surface area contributed by atoms with Gasteiger partial charge in [-0.15, -0.1) is 0 Å². The molecule has 17 heavy (non-hydrogen) atoms. The molecule has 1 N–H and O–H groups in total. The Kier molecular flexibility index (Phi) is 5.90. The molecule has 1 aromatic heterocycles. The predicted molar refractivity (Wildman–Crippen MR) is 78.9 cm³/mol. The van der Waals surface area contributed by atoms with E-state index in [1.807, 2.05) is 13.0 Å². The second kappa shape index (κ2) is 6.72. The SMILES string of the molecule is Cc1nc(I)cc(N2CCOC[C@@H]2CO)n1.S. The van der Waals surface area contributed by atoms with E-state index < -0.39 is 0 Å². The first-order valence-electron chi connectivity index (χ1n) is 5.17. The predicted octanol–water partition coefficient (Wildman–Crippen LogP) is 0.700. The number of hydrogen-bond acceptors (Lipinski definition) is 5. The average Bonchev–Trinajstić information content (AvgIpc) is 2.27. The van der Waals surface area contributed by atoms with Gasteiger partial charge in [0.05, 0.1) is 25.9 Å². The van der Waals surface area contributed by atoms with Gasteiger partial charge in [0.15, 0.2) is 0 Å². The van der Waals surface area contributed by atoms with Crippen molar-refractivity contribution in [1.82, 2.24) is 9.97 Å². The Labute approximate surface area is 121 Å². The van der Waals surface area contributed by atoms with Gasteiger partial charge in [0.1, 0.15) is 15.3 Å². The molecule has 1 aliphatic heterocycles. The number of aromatic nitrogens is 2. The normalized spacial score (nSPS) is 19.9. The van der Waals surface area contributed by atoms with E-state index in [4.69, 9.17) is 4.74 Å². The van der Waals surface area contributed by atoms with Gasteiger partial charge in [0.2, 0.25) is 0 Å². The van der Waals surface area contributed by atoms with Gasteiger partial charge in [-0.2, -0.15) is 13.5 Å². The molecule has 0 amide bonds. The number of aliphatic hydroxyl groups excluding tert-OH is 1. The van der Waals surface area contributed by atoms with Crippen molar-refractivity contribution in [3.8, 4) is 0 Å². The summed E-state index contributed by atoms with van der Waals surface area (Å²) in [4.78, 5) is 10.7. The molecule has 1 saturated heterocycles. The number of aryl methyl sites for hydroxylation is 1. The molecule has 0 bridgehead atoms. The van der Waals surface area contributed by atoms with Crippen molar-refractivity contribution in [2.75, 3.05) is 31.3 Å². The van der Waals surface area contributed by atoms with Gasteiger partial charge in [-0.3, -0.25) is 0 Å². The fourth-order valence-corrected chi connectivity index (χ4v) is 2.40. The topological polar surface area (TPSA) is 58.5 Å². The third-order valence-electron chi connectivity index (χ3n) is 2.53. The van der Waals surface area contributed by atoms with Crippen molar-refractivity contribution in [1.29, 1.82) is 0 Å². The maximum absolute atomic E-state index is 9.29. The van der Waals surface area contributed by atoms with E-state index in [-0.39, 0.29) is 26.1 Å². The Bertz CT molecular complexity index is 360. The number of ether oxygens (including phenoxy) is 1. The second-order valence-corrected chi connectivity index (χ2v) is 4.81. The zero-order valence-corrected chi connectivity index (χ0v) is 12.7. The first-order chi connectivity index (χ1) is 7.70. The summed E-state index contributed by atoms with van der Waals surface area (Å²) in [6, 6.07) is 1.93. The van der Waals surface area contributed by atoms with Crippen LogP contribution in [0.2, 0.25) is 0 Å². The highest BCUT2D eigenvalue weighted by Crippen LogP contribution is 2.18. The van der Waals surface area contributed by atoms with Crippen LogP contribution in [-0.2, 0) is 4.74 Å². The quantitative estimate of drug-likeness (QED) is 0.615. The van der Waals surface area contributed by atoms with Crippen LogP contribution in [0.1, 0.15) is 5.82 Å². The van der Waals surface area contributed by atoms with E-state index in [0.717, 1.165) is 21.9 Å². The van der Waals surface area contributed by atoms with Crippen molar-refractivity contribution < 1.29 is 9.84 Å². The van der Waals surface area contributed by atoms with Crippen molar-refractivity contribution in [3.05, 3.63) is 15.6 Å². The molecule has 1 aliphatic rings.